The van der Waals surface area contributed by atoms with E-state index in [1.165, 1.54) is 24.3 Å². The van der Waals surface area contributed by atoms with Crippen LogP contribution < -0.4 is 33.2 Å². The highest BCUT2D eigenvalue weighted by Gasteiger charge is 2.31. The fourth-order valence-electron chi connectivity index (χ4n) is 3.70. The molecule has 41 heavy (non-hydrogen) atoms. The van der Waals surface area contributed by atoms with Gasteiger partial charge in [-0.3, -0.25) is 24.2 Å². The van der Waals surface area contributed by atoms with Crippen LogP contribution in [0.5, 0.6) is 5.75 Å². The second kappa shape index (κ2) is 17.3. The lowest BCUT2D eigenvalue weighted by Gasteiger charge is -2.26. The number of hydrogen-bond donors (Lipinski definition) is 9. The number of benzene rings is 1. The Morgan fingerprint density at radius 1 is 0.878 bits per heavy atom. The molecule has 0 fully saturated rings. The summed E-state index contributed by atoms with van der Waals surface area (Å²) in [5.74, 6) is -5.26. The predicted octanol–water partition coefficient (Wildman–Crippen LogP) is -1.23. The SMILES string of the molecule is CCC(C)C(N)C(=O)NC(CCC(=O)O)C(=O)NC(CCCN=C(N)N)C(=O)NC(Cc1ccc(O)cc1)C(=O)O. The fraction of sp³-hybridized carbons (Fsp3) is 0.538. The number of guanidine groups is 1. The Labute approximate surface area is 237 Å². The zero-order valence-corrected chi connectivity index (χ0v) is 23.2. The molecule has 15 nitrogen and oxygen atoms in total. The Balaban J connectivity index is 3.13. The maximum atomic E-state index is 13.2. The maximum Gasteiger partial charge on any atom is 0.326 e. The van der Waals surface area contributed by atoms with Crippen molar-refractivity contribution in [2.75, 3.05) is 6.54 Å². The number of carbonyl (C=O) groups excluding carboxylic acids is 3. The minimum atomic E-state index is -1.37. The van der Waals surface area contributed by atoms with E-state index in [4.69, 9.17) is 22.3 Å². The molecule has 228 valence electrons. The molecule has 0 aromatic heterocycles. The Kier molecular flexibility index (Phi) is 14.6. The van der Waals surface area contributed by atoms with Crippen LogP contribution in [-0.2, 0) is 30.4 Å². The molecule has 0 heterocycles. The number of nitrogens with zero attached hydrogens (tertiary/aromatic N) is 1. The van der Waals surface area contributed by atoms with E-state index < -0.39 is 60.2 Å². The van der Waals surface area contributed by atoms with Gasteiger partial charge in [-0.25, -0.2) is 4.79 Å². The number of phenolic OH excluding ortho intramolecular Hbond substituents is 1. The molecule has 0 aliphatic heterocycles. The van der Waals surface area contributed by atoms with Crippen LogP contribution in [0.4, 0.5) is 0 Å². The van der Waals surface area contributed by atoms with Gasteiger partial charge in [0.15, 0.2) is 5.96 Å². The molecule has 12 N–H and O–H groups in total. The summed E-state index contributed by atoms with van der Waals surface area (Å²) in [5, 5.41) is 35.6. The van der Waals surface area contributed by atoms with Gasteiger partial charge in [-0.15, -0.1) is 0 Å². The molecule has 0 saturated heterocycles. The molecular weight excluding hydrogens is 538 g/mol. The number of aromatic hydroxyl groups is 1. The number of amides is 3. The van der Waals surface area contributed by atoms with E-state index in [1.54, 1.807) is 6.92 Å². The van der Waals surface area contributed by atoms with Gasteiger partial charge in [0.25, 0.3) is 0 Å². The van der Waals surface area contributed by atoms with Gasteiger partial charge in [0.1, 0.15) is 23.9 Å². The summed E-state index contributed by atoms with van der Waals surface area (Å²) in [5.41, 5.74) is 17.1. The summed E-state index contributed by atoms with van der Waals surface area (Å²) in [4.78, 5) is 66.0. The highest BCUT2D eigenvalue weighted by molar-refractivity contribution is 5.94. The van der Waals surface area contributed by atoms with Crippen molar-refractivity contribution in [1.29, 1.82) is 0 Å². The molecule has 0 radical (unpaired) electrons. The third-order valence-corrected chi connectivity index (χ3v) is 6.41. The van der Waals surface area contributed by atoms with Crippen molar-refractivity contribution in [2.45, 2.75) is 76.5 Å². The predicted molar refractivity (Wildman–Crippen MR) is 149 cm³/mol. The Hall–Kier alpha value is -4.40. The lowest BCUT2D eigenvalue weighted by molar-refractivity contribution is -0.142. The third kappa shape index (κ3) is 13.0. The van der Waals surface area contributed by atoms with Crippen LogP contribution in [0.15, 0.2) is 29.3 Å². The Bertz CT molecular complexity index is 1080. The van der Waals surface area contributed by atoms with Crippen molar-refractivity contribution < 1.29 is 39.3 Å². The summed E-state index contributed by atoms with van der Waals surface area (Å²) in [7, 11) is 0. The smallest absolute Gasteiger partial charge is 0.326 e. The second-order valence-electron chi connectivity index (χ2n) is 9.68. The molecule has 0 aliphatic carbocycles. The number of aliphatic carboxylic acids is 2. The molecule has 0 aliphatic rings. The zero-order valence-electron chi connectivity index (χ0n) is 23.2. The monoisotopic (exact) mass is 579 g/mol. The van der Waals surface area contributed by atoms with Gasteiger partial charge >= 0.3 is 11.9 Å². The van der Waals surface area contributed by atoms with Crippen molar-refractivity contribution in [2.24, 2.45) is 28.1 Å². The number of hydrogen-bond acceptors (Lipinski definition) is 8. The van der Waals surface area contributed by atoms with E-state index in [2.05, 4.69) is 20.9 Å². The first-order chi connectivity index (χ1) is 19.2. The molecule has 3 amide bonds. The zero-order chi connectivity index (χ0) is 31.1. The number of nitrogens with one attached hydrogen (secondary N) is 3. The van der Waals surface area contributed by atoms with Crippen molar-refractivity contribution in [3.63, 3.8) is 0 Å². The summed E-state index contributed by atoms with van der Waals surface area (Å²) < 4.78 is 0. The highest BCUT2D eigenvalue weighted by Crippen LogP contribution is 2.12. The number of aliphatic imine (C=N–C) groups is 1. The molecule has 0 spiro atoms. The quantitative estimate of drug-likeness (QED) is 0.0564. The van der Waals surface area contributed by atoms with Gasteiger partial charge in [0.2, 0.25) is 17.7 Å². The Morgan fingerprint density at radius 3 is 1.93 bits per heavy atom. The molecular formula is C26H41N7O8. The highest BCUT2D eigenvalue weighted by atomic mass is 16.4. The summed E-state index contributed by atoms with van der Waals surface area (Å²) >= 11 is 0. The summed E-state index contributed by atoms with van der Waals surface area (Å²) in [6.45, 7) is 3.70. The number of carboxylic acid groups (broad SMARTS) is 2. The van der Waals surface area contributed by atoms with Crippen molar-refractivity contribution in [3.05, 3.63) is 29.8 Å². The van der Waals surface area contributed by atoms with Crippen LogP contribution in [0.3, 0.4) is 0 Å². The molecule has 1 aromatic rings. The van der Waals surface area contributed by atoms with Crippen molar-refractivity contribution in [1.82, 2.24) is 16.0 Å². The number of phenols is 1. The van der Waals surface area contributed by atoms with E-state index in [-0.39, 0.29) is 49.9 Å². The standard InChI is InChI=1S/C26H41N7O8/c1-3-14(2)21(27)24(39)32-18(10-11-20(35)36)23(38)31-17(5-4-12-30-26(28)29)22(37)33-19(25(40)41)13-15-6-8-16(34)9-7-15/h6-9,14,17-19,21,34H,3-5,10-13,27H2,1-2H3,(H,31,38)(H,32,39)(H,33,37)(H,35,36)(H,40,41)(H4,28,29,30). The average molecular weight is 580 g/mol. The van der Waals surface area contributed by atoms with Crippen molar-refractivity contribution >= 4 is 35.6 Å². The van der Waals surface area contributed by atoms with E-state index in [0.717, 1.165) is 0 Å². The van der Waals surface area contributed by atoms with Gasteiger partial charge in [-0.05, 0) is 42.9 Å². The molecule has 5 unspecified atom stereocenters. The van der Waals surface area contributed by atoms with Crippen LogP contribution in [-0.4, -0.2) is 81.7 Å². The molecule has 0 saturated carbocycles. The minimum absolute atomic E-state index is 0.00805. The summed E-state index contributed by atoms with van der Waals surface area (Å²) in [6, 6.07) is 0.843. The van der Waals surface area contributed by atoms with Gasteiger partial charge in [0, 0.05) is 19.4 Å². The molecule has 1 rings (SSSR count). The largest absolute Gasteiger partial charge is 0.508 e. The van der Waals surface area contributed by atoms with Crippen LogP contribution in [0, 0.1) is 5.92 Å². The van der Waals surface area contributed by atoms with Gasteiger partial charge < -0.3 is 48.5 Å². The van der Waals surface area contributed by atoms with Gasteiger partial charge in [0.05, 0.1) is 6.04 Å². The lowest BCUT2D eigenvalue weighted by Crippen LogP contribution is -2.57. The minimum Gasteiger partial charge on any atom is -0.508 e. The van der Waals surface area contributed by atoms with Crippen molar-refractivity contribution in [3.8, 4) is 5.75 Å². The third-order valence-electron chi connectivity index (χ3n) is 6.41. The molecule has 1 aromatic carbocycles. The number of rotatable bonds is 18. The maximum absolute atomic E-state index is 13.2. The van der Waals surface area contributed by atoms with Gasteiger partial charge in [-0.1, -0.05) is 32.4 Å². The van der Waals surface area contributed by atoms with E-state index in [9.17, 15) is 34.2 Å². The lowest BCUT2D eigenvalue weighted by atomic mass is 9.98. The van der Waals surface area contributed by atoms with Crippen LogP contribution in [0.25, 0.3) is 0 Å². The number of nitrogens with two attached hydrogens (primary N) is 3. The van der Waals surface area contributed by atoms with E-state index in [1.807, 2.05) is 6.92 Å². The van der Waals surface area contributed by atoms with Gasteiger partial charge in [-0.2, -0.15) is 0 Å². The number of carbonyl (C=O) groups is 5. The first kappa shape index (κ1) is 34.6. The summed E-state index contributed by atoms with van der Waals surface area (Å²) in [6.07, 6.45) is -0.0374. The first-order valence-corrected chi connectivity index (χ1v) is 13.2. The Morgan fingerprint density at radius 2 is 1.41 bits per heavy atom. The van der Waals surface area contributed by atoms with E-state index >= 15 is 0 Å². The topological polar surface area (TPSA) is 273 Å². The first-order valence-electron chi connectivity index (χ1n) is 13.2. The molecule has 5 atom stereocenters. The second-order valence-corrected chi connectivity index (χ2v) is 9.68. The van der Waals surface area contributed by atoms with E-state index in [0.29, 0.717) is 12.0 Å². The van der Waals surface area contributed by atoms with Crippen LogP contribution >= 0.6 is 0 Å². The normalized spacial score (nSPS) is 14.4. The molecule has 15 heteroatoms. The van der Waals surface area contributed by atoms with Crippen LogP contribution in [0.1, 0.15) is 51.5 Å². The van der Waals surface area contributed by atoms with Crippen LogP contribution in [0.2, 0.25) is 0 Å². The molecule has 0 bridgehead atoms. The number of carboxylic acids is 2. The fourth-order valence-corrected chi connectivity index (χ4v) is 3.70. The average Bonchev–Trinajstić information content (AvgIpc) is 2.91.